The number of anilines is 1. The van der Waals surface area contributed by atoms with Gasteiger partial charge in [0.2, 0.25) is 0 Å². The van der Waals surface area contributed by atoms with Gasteiger partial charge < -0.3 is 10.4 Å². The van der Waals surface area contributed by atoms with Crippen LogP contribution in [0.5, 0.6) is 0 Å². The molecule has 0 amide bonds. The van der Waals surface area contributed by atoms with E-state index in [0.717, 1.165) is 28.8 Å². The summed E-state index contributed by atoms with van der Waals surface area (Å²) in [6.07, 6.45) is 2.93. The first-order chi connectivity index (χ1) is 8.62. The van der Waals surface area contributed by atoms with E-state index >= 15 is 0 Å². The highest BCUT2D eigenvalue weighted by atomic mass is 32.1. The van der Waals surface area contributed by atoms with Crippen LogP contribution in [0.3, 0.4) is 0 Å². The van der Waals surface area contributed by atoms with Gasteiger partial charge in [-0.05, 0) is 31.3 Å². The molecule has 6 nitrogen and oxygen atoms in total. The van der Waals surface area contributed by atoms with Crippen LogP contribution in [0.2, 0.25) is 0 Å². The van der Waals surface area contributed by atoms with Crippen LogP contribution in [0.4, 0.5) is 5.82 Å². The molecule has 0 saturated heterocycles. The molecule has 0 radical (unpaired) electrons. The van der Waals surface area contributed by atoms with Crippen molar-refractivity contribution in [2.75, 3.05) is 11.9 Å². The Balaban J connectivity index is 1.87. The minimum Gasteiger partial charge on any atom is -0.481 e. The summed E-state index contributed by atoms with van der Waals surface area (Å²) in [7, 11) is 0. The average Bonchev–Trinajstić information content (AvgIpc) is 3.06. The van der Waals surface area contributed by atoms with E-state index in [9.17, 15) is 4.79 Å². The number of fused-ring (bicyclic) bond motifs is 1. The number of nitrogens with one attached hydrogen (secondary N) is 1. The fourth-order valence-electron chi connectivity index (χ4n) is 1.93. The molecule has 2 aromatic heterocycles. The zero-order valence-electron chi connectivity index (χ0n) is 9.80. The van der Waals surface area contributed by atoms with E-state index in [2.05, 4.69) is 19.7 Å². The van der Waals surface area contributed by atoms with Crippen LogP contribution >= 0.6 is 11.5 Å². The van der Waals surface area contributed by atoms with Gasteiger partial charge in [-0.15, -0.1) is 0 Å². The molecule has 0 aromatic carbocycles. The molecule has 7 heteroatoms. The van der Waals surface area contributed by atoms with Crippen molar-refractivity contribution in [3.05, 3.63) is 12.0 Å². The highest BCUT2D eigenvalue weighted by Crippen LogP contribution is 2.46. The van der Waals surface area contributed by atoms with Crippen LogP contribution in [0.1, 0.15) is 18.5 Å². The first-order valence-corrected chi connectivity index (χ1v) is 6.44. The topological polar surface area (TPSA) is 88.0 Å². The van der Waals surface area contributed by atoms with Crippen LogP contribution in [-0.4, -0.2) is 32.0 Å². The number of aliphatic carboxylic acids is 1. The Morgan fingerprint density at radius 2 is 2.33 bits per heavy atom. The van der Waals surface area contributed by atoms with Crippen molar-refractivity contribution in [1.29, 1.82) is 0 Å². The van der Waals surface area contributed by atoms with Crippen LogP contribution < -0.4 is 5.32 Å². The van der Waals surface area contributed by atoms with Gasteiger partial charge >= 0.3 is 5.97 Å². The Labute approximate surface area is 107 Å². The number of hydrogen-bond donors (Lipinski definition) is 2. The number of carbonyl (C=O) groups is 1. The lowest BCUT2D eigenvalue weighted by molar-refractivity contribution is -0.142. The third-order valence-electron chi connectivity index (χ3n) is 3.34. The Bertz CT molecular complexity index is 621. The molecule has 1 saturated carbocycles. The van der Waals surface area contributed by atoms with Gasteiger partial charge in [0.25, 0.3) is 0 Å². The molecule has 0 bridgehead atoms. The zero-order valence-corrected chi connectivity index (χ0v) is 10.6. The second kappa shape index (κ2) is 3.88. The fourth-order valence-corrected chi connectivity index (χ4v) is 2.67. The molecule has 0 atom stereocenters. The standard InChI is InChI=1S/C11H12N4O2S/c1-6-7-8(13-5-14-9(7)18-15-6)12-4-11(2-3-11)10(16)17/h5H,2-4H2,1H3,(H,16,17)(H,12,13,14). The normalized spacial score (nSPS) is 16.7. The van der Waals surface area contributed by atoms with Crippen molar-refractivity contribution in [2.24, 2.45) is 5.41 Å². The number of nitrogens with zero attached hydrogens (tertiary/aromatic N) is 3. The summed E-state index contributed by atoms with van der Waals surface area (Å²) >= 11 is 1.33. The Kier molecular flexibility index (Phi) is 2.44. The Morgan fingerprint density at radius 1 is 1.56 bits per heavy atom. The minimum atomic E-state index is -0.736. The fraction of sp³-hybridized carbons (Fsp3) is 0.455. The molecule has 2 aromatic rings. The summed E-state index contributed by atoms with van der Waals surface area (Å²) in [5.74, 6) is -0.0563. The second-order valence-corrected chi connectivity index (χ2v) is 5.36. The van der Waals surface area contributed by atoms with Gasteiger partial charge in [-0.1, -0.05) is 0 Å². The molecule has 3 rings (SSSR count). The third-order valence-corrected chi connectivity index (χ3v) is 4.19. The number of carboxylic acids is 1. The Morgan fingerprint density at radius 3 is 3.00 bits per heavy atom. The van der Waals surface area contributed by atoms with Crippen molar-refractivity contribution in [2.45, 2.75) is 19.8 Å². The van der Waals surface area contributed by atoms with Crippen molar-refractivity contribution in [3.63, 3.8) is 0 Å². The van der Waals surface area contributed by atoms with E-state index in [4.69, 9.17) is 5.11 Å². The van der Waals surface area contributed by atoms with Crippen molar-refractivity contribution < 1.29 is 9.90 Å². The molecular weight excluding hydrogens is 252 g/mol. The van der Waals surface area contributed by atoms with Gasteiger partial charge in [0.1, 0.15) is 17.0 Å². The summed E-state index contributed by atoms with van der Waals surface area (Å²) in [6.45, 7) is 2.31. The molecule has 0 aliphatic heterocycles. The van der Waals surface area contributed by atoms with Gasteiger partial charge in [-0.3, -0.25) is 4.79 Å². The molecule has 0 spiro atoms. The maximum absolute atomic E-state index is 11.1. The lowest BCUT2D eigenvalue weighted by atomic mass is 10.1. The molecular formula is C11H12N4O2S. The zero-order chi connectivity index (χ0) is 12.8. The maximum atomic E-state index is 11.1. The first-order valence-electron chi connectivity index (χ1n) is 5.67. The summed E-state index contributed by atoms with van der Waals surface area (Å²) in [6, 6.07) is 0. The molecule has 94 valence electrons. The van der Waals surface area contributed by atoms with E-state index in [1.54, 1.807) is 0 Å². The summed E-state index contributed by atoms with van der Waals surface area (Å²) in [4.78, 5) is 20.3. The molecule has 0 unspecified atom stereocenters. The predicted octanol–water partition coefficient (Wildman–Crippen LogP) is 1.67. The van der Waals surface area contributed by atoms with E-state index < -0.39 is 11.4 Å². The summed E-state index contributed by atoms with van der Waals surface area (Å²) in [5, 5.41) is 13.2. The average molecular weight is 264 g/mol. The number of carboxylic acid groups (broad SMARTS) is 1. The van der Waals surface area contributed by atoms with Crippen LogP contribution in [0, 0.1) is 12.3 Å². The Hall–Kier alpha value is -1.76. The van der Waals surface area contributed by atoms with Gasteiger partial charge in [-0.2, -0.15) is 4.37 Å². The van der Waals surface area contributed by atoms with E-state index in [1.807, 2.05) is 6.92 Å². The monoisotopic (exact) mass is 264 g/mol. The minimum absolute atomic E-state index is 0.406. The number of aryl methyl sites for hydroxylation is 1. The highest BCUT2D eigenvalue weighted by Gasteiger charge is 2.50. The van der Waals surface area contributed by atoms with Gasteiger partial charge in [0.15, 0.2) is 0 Å². The smallest absolute Gasteiger partial charge is 0.311 e. The predicted molar refractivity (Wildman–Crippen MR) is 67.7 cm³/mol. The number of hydrogen-bond acceptors (Lipinski definition) is 6. The van der Waals surface area contributed by atoms with Crippen molar-refractivity contribution >= 4 is 33.5 Å². The third kappa shape index (κ3) is 1.71. The SMILES string of the molecule is Cc1nsc2ncnc(NCC3(C(=O)O)CC3)c12. The maximum Gasteiger partial charge on any atom is 0.311 e. The highest BCUT2D eigenvalue weighted by molar-refractivity contribution is 7.13. The van der Waals surface area contributed by atoms with Gasteiger partial charge in [0.05, 0.1) is 16.5 Å². The summed E-state index contributed by atoms with van der Waals surface area (Å²) in [5.41, 5.74) is 0.271. The molecule has 1 aliphatic rings. The molecule has 18 heavy (non-hydrogen) atoms. The molecule has 1 fully saturated rings. The van der Waals surface area contributed by atoms with E-state index in [0.29, 0.717) is 12.4 Å². The lowest BCUT2D eigenvalue weighted by Gasteiger charge is -2.12. The molecule has 2 N–H and O–H groups in total. The van der Waals surface area contributed by atoms with Crippen LogP contribution in [0.25, 0.3) is 10.2 Å². The van der Waals surface area contributed by atoms with Crippen LogP contribution in [-0.2, 0) is 4.79 Å². The van der Waals surface area contributed by atoms with Gasteiger partial charge in [0, 0.05) is 6.54 Å². The van der Waals surface area contributed by atoms with Gasteiger partial charge in [-0.25, -0.2) is 9.97 Å². The van der Waals surface area contributed by atoms with Crippen LogP contribution in [0.15, 0.2) is 6.33 Å². The molecule has 2 heterocycles. The van der Waals surface area contributed by atoms with Crippen molar-refractivity contribution in [3.8, 4) is 0 Å². The summed E-state index contributed by atoms with van der Waals surface area (Å²) < 4.78 is 4.23. The second-order valence-electron chi connectivity index (χ2n) is 4.61. The van der Waals surface area contributed by atoms with Crippen molar-refractivity contribution in [1.82, 2.24) is 14.3 Å². The lowest BCUT2D eigenvalue weighted by Crippen LogP contribution is -2.24. The quantitative estimate of drug-likeness (QED) is 0.873. The van der Waals surface area contributed by atoms with E-state index in [-0.39, 0.29) is 0 Å². The number of rotatable bonds is 4. The number of aromatic nitrogens is 3. The largest absolute Gasteiger partial charge is 0.481 e. The molecule has 1 aliphatic carbocycles. The van der Waals surface area contributed by atoms with E-state index in [1.165, 1.54) is 17.9 Å². The first kappa shape index (κ1) is 11.3.